The molecule has 124 valence electrons. The third kappa shape index (κ3) is 3.82. The highest BCUT2D eigenvalue weighted by Crippen LogP contribution is 2.28. The minimum Gasteiger partial charge on any atom is -0.297 e. The van der Waals surface area contributed by atoms with E-state index in [1.807, 2.05) is 6.92 Å². The first kappa shape index (κ1) is 16.2. The highest BCUT2D eigenvalue weighted by atomic mass is 35.5. The van der Waals surface area contributed by atoms with Crippen molar-refractivity contribution in [1.29, 1.82) is 0 Å². The summed E-state index contributed by atoms with van der Waals surface area (Å²) in [6.07, 6.45) is 3.76. The third-order valence-electron chi connectivity index (χ3n) is 4.45. The predicted octanol–water partition coefficient (Wildman–Crippen LogP) is 1.67. The Balaban J connectivity index is 1.52. The standard InChI is InChI=1S/C14H23ClN4O2S/c1-10-14(15)13(18-17-10)9-19-6-2-3-11(8-19)7-16-22(20,21)12-4-5-12/h11-12,16H,2-9H2,1H3,(H,17,18)/t11-/m1/s1. The monoisotopic (exact) mass is 346 g/mol. The minimum atomic E-state index is -3.07. The molecule has 0 amide bonds. The van der Waals surface area contributed by atoms with Gasteiger partial charge in [0.05, 0.1) is 21.7 Å². The molecule has 8 heteroatoms. The molecule has 0 bridgehead atoms. The summed E-state index contributed by atoms with van der Waals surface area (Å²) in [5, 5.41) is 7.71. The number of likely N-dealkylation sites (tertiary alicyclic amines) is 1. The molecule has 1 atom stereocenters. The van der Waals surface area contributed by atoms with E-state index in [-0.39, 0.29) is 5.25 Å². The number of aromatic nitrogens is 2. The summed E-state index contributed by atoms with van der Waals surface area (Å²) in [7, 11) is -3.07. The number of rotatable bonds is 6. The van der Waals surface area contributed by atoms with Gasteiger partial charge in [-0.1, -0.05) is 11.6 Å². The van der Waals surface area contributed by atoms with Gasteiger partial charge in [-0.25, -0.2) is 13.1 Å². The van der Waals surface area contributed by atoms with Crippen molar-refractivity contribution in [3.8, 4) is 0 Å². The van der Waals surface area contributed by atoms with Crippen molar-refractivity contribution in [2.45, 2.75) is 44.4 Å². The molecule has 2 aliphatic rings. The summed E-state index contributed by atoms with van der Waals surface area (Å²) in [4.78, 5) is 2.31. The second-order valence-electron chi connectivity index (χ2n) is 6.45. The molecule has 1 saturated heterocycles. The lowest BCUT2D eigenvalue weighted by atomic mass is 9.98. The molecule has 1 saturated carbocycles. The lowest BCUT2D eigenvalue weighted by Crippen LogP contribution is -2.41. The van der Waals surface area contributed by atoms with Crippen LogP contribution in [-0.4, -0.2) is 48.4 Å². The Bertz CT molecular complexity index is 627. The Kier molecular flexibility index (Phi) is 4.77. The number of nitrogens with one attached hydrogen (secondary N) is 2. The SMILES string of the molecule is Cc1[nH]nc(CN2CCC[C@H](CNS(=O)(=O)C3CC3)C2)c1Cl. The molecule has 22 heavy (non-hydrogen) atoms. The zero-order valence-corrected chi connectivity index (χ0v) is 14.4. The fraction of sp³-hybridized carbons (Fsp3) is 0.786. The maximum atomic E-state index is 11.9. The van der Waals surface area contributed by atoms with Gasteiger partial charge < -0.3 is 0 Å². The van der Waals surface area contributed by atoms with Crippen LogP contribution in [0.1, 0.15) is 37.1 Å². The number of aryl methyl sites for hydroxylation is 1. The van der Waals surface area contributed by atoms with Gasteiger partial charge in [0, 0.05) is 19.6 Å². The van der Waals surface area contributed by atoms with Gasteiger partial charge in [0.1, 0.15) is 0 Å². The van der Waals surface area contributed by atoms with E-state index in [1.165, 1.54) is 0 Å². The van der Waals surface area contributed by atoms with Gasteiger partial charge in [-0.2, -0.15) is 5.10 Å². The molecule has 2 fully saturated rings. The maximum Gasteiger partial charge on any atom is 0.214 e. The number of hydrogen-bond acceptors (Lipinski definition) is 4. The highest BCUT2D eigenvalue weighted by molar-refractivity contribution is 7.90. The number of halogens is 1. The van der Waals surface area contributed by atoms with Crippen LogP contribution >= 0.6 is 11.6 Å². The minimum absolute atomic E-state index is 0.141. The molecule has 6 nitrogen and oxygen atoms in total. The third-order valence-corrected chi connectivity index (χ3v) is 6.87. The van der Waals surface area contributed by atoms with E-state index >= 15 is 0 Å². The first-order valence-corrected chi connectivity index (χ1v) is 9.78. The summed E-state index contributed by atoms with van der Waals surface area (Å²) in [5.74, 6) is 0.362. The van der Waals surface area contributed by atoms with Crippen LogP contribution in [0.4, 0.5) is 0 Å². The van der Waals surface area contributed by atoms with Crippen molar-refractivity contribution in [2.75, 3.05) is 19.6 Å². The van der Waals surface area contributed by atoms with Gasteiger partial charge in [0.15, 0.2) is 0 Å². The van der Waals surface area contributed by atoms with Gasteiger partial charge in [0.2, 0.25) is 10.0 Å². The molecule has 2 N–H and O–H groups in total. The van der Waals surface area contributed by atoms with Crippen LogP contribution in [-0.2, 0) is 16.6 Å². The van der Waals surface area contributed by atoms with Crippen molar-refractivity contribution in [3.63, 3.8) is 0 Å². The molecule has 0 spiro atoms. The summed E-state index contributed by atoms with van der Waals surface area (Å²) < 4.78 is 26.6. The zero-order valence-electron chi connectivity index (χ0n) is 12.8. The second kappa shape index (κ2) is 6.47. The predicted molar refractivity (Wildman–Crippen MR) is 86.3 cm³/mol. The van der Waals surface area contributed by atoms with Crippen LogP contribution in [0.5, 0.6) is 0 Å². The van der Waals surface area contributed by atoms with Crippen LogP contribution in [0.25, 0.3) is 0 Å². The Morgan fingerprint density at radius 1 is 1.41 bits per heavy atom. The first-order valence-electron chi connectivity index (χ1n) is 7.86. The van der Waals surface area contributed by atoms with E-state index in [1.54, 1.807) is 0 Å². The fourth-order valence-corrected chi connectivity index (χ4v) is 4.58. The summed E-state index contributed by atoms with van der Waals surface area (Å²) >= 11 is 6.22. The van der Waals surface area contributed by atoms with Crippen LogP contribution < -0.4 is 4.72 Å². The summed E-state index contributed by atoms with van der Waals surface area (Å²) in [5.41, 5.74) is 1.76. The van der Waals surface area contributed by atoms with Crippen molar-refractivity contribution >= 4 is 21.6 Å². The normalized spacial score (nSPS) is 23.8. The molecule has 1 aliphatic heterocycles. The Morgan fingerprint density at radius 2 is 2.18 bits per heavy atom. The van der Waals surface area contributed by atoms with E-state index in [9.17, 15) is 8.42 Å². The van der Waals surface area contributed by atoms with E-state index < -0.39 is 10.0 Å². The molecule has 0 radical (unpaired) electrons. The number of H-pyrrole nitrogens is 1. The van der Waals surface area contributed by atoms with E-state index in [0.717, 1.165) is 56.7 Å². The maximum absolute atomic E-state index is 11.9. The molecule has 0 unspecified atom stereocenters. The second-order valence-corrected chi connectivity index (χ2v) is 8.87. The zero-order chi connectivity index (χ0) is 15.7. The number of piperidine rings is 1. The van der Waals surface area contributed by atoms with Crippen molar-refractivity contribution < 1.29 is 8.42 Å². The van der Waals surface area contributed by atoms with Crippen LogP contribution in [0.15, 0.2) is 0 Å². The molecule has 3 rings (SSSR count). The Labute approximate surface area is 136 Å². The number of aromatic amines is 1. The van der Waals surface area contributed by atoms with Gasteiger partial charge >= 0.3 is 0 Å². The Hall–Kier alpha value is -0.630. The van der Waals surface area contributed by atoms with Crippen molar-refractivity contribution in [1.82, 2.24) is 19.8 Å². The smallest absolute Gasteiger partial charge is 0.214 e. The summed E-state index contributed by atoms with van der Waals surface area (Å²) in [6, 6.07) is 0. The molecule has 0 aromatic carbocycles. The van der Waals surface area contributed by atoms with Gasteiger partial charge in [-0.3, -0.25) is 10.00 Å². The molecule has 1 aromatic heterocycles. The van der Waals surface area contributed by atoms with E-state index in [2.05, 4.69) is 19.8 Å². The lowest BCUT2D eigenvalue weighted by molar-refractivity contribution is 0.167. The van der Waals surface area contributed by atoms with Gasteiger partial charge in [0.25, 0.3) is 0 Å². The number of sulfonamides is 1. The van der Waals surface area contributed by atoms with E-state index in [4.69, 9.17) is 11.6 Å². The molecule has 1 aliphatic carbocycles. The number of hydrogen-bond donors (Lipinski definition) is 2. The lowest BCUT2D eigenvalue weighted by Gasteiger charge is -2.32. The molecule has 1 aromatic rings. The molecular weight excluding hydrogens is 324 g/mol. The summed E-state index contributed by atoms with van der Waals surface area (Å²) in [6.45, 7) is 5.06. The van der Waals surface area contributed by atoms with Gasteiger partial charge in [-0.15, -0.1) is 0 Å². The average Bonchev–Trinajstić information content (AvgIpc) is 3.30. The highest BCUT2D eigenvalue weighted by Gasteiger charge is 2.36. The molecular formula is C14H23ClN4O2S. The number of nitrogens with zero attached hydrogens (tertiary/aromatic N) is 2. The topological polar surface area (TPSA) is 78.1 Å². The van der Waals surface area contributed by atoms with Gasteiger partial charge in [-0.05, 0) is 45.1 Å². The largest absolute Gasteiger partial charge is 0.297 e. The first-order chi connectivity index (χ1) is 10.5. The quantitative estimate of drug-likeness (QED) is 0.821. The molecule has 2 heterocycles. The average molecular weight is 347 g/mol. The van der Waals surface area contributed by atoms with Crippen LogP contribution in [0.3, 0.4) is 0 Å². The van der Waals surface area contributed by atoms with E-state index in [0.29, 0.717) is 17.5 Å². The van der Waals surface area contributed by atoms with Crippen LogP contribution in [0, 0.1) is 12.8 Å². The van der Waals surface area contributed by atoms with Crippen LogP contribution in [0.2, 0.25) is 5.02 Å². The Morgan fingerprint density at radius 3 is 2.82 bits per heavy atom. The van der Waals surface area contributed by atoms with Crippen molar-refractivity contribution in [2.24, 2.45) is 5.92 Å². The van der Waals surface area contributed by atoms with Crippen molar-refractivity contribution in [3.05, 3.63) is 16.4 Å². The fourth-order valence-electron chi connectivity index (χ4n) is 2.97.